The van der Waals surface area contributed by atoms with Crippen molar-refractivity contribution in [2.75, 3.05) is 5.32 Å². The Morgan fingerprint density at radius 1 is 1.16 bits per heavy atom. The highest BCUT2D eigenvalue weighted by molar-refractivity contribution is 7.11. The molecule has 2 aromatic carbocycles. The molecule has 0 spiro atoms. The first-order valence-electron chi connectivity index (χ1n) is 8.18. The van der Waals surface area contributed by atoms with Crippen molar-refractivity contribution >= 4 is 22.6 Å². The van der Waals surface area contributed by atoms with Crippen molar-refractivity contribution in [1.29, 1.82) is 5.26 Å². The average molecular weight is 345 g/mol. The van der Waals surface area contributed by atoms with Crippen molar-refractivity contribution in [1.82, 2.24) is 4.98 Å². The number of anilines is 1. The SMILES string of the molecule is CCc1ccc(-c2csc(C(C#N)=CNc3ccc(C)cc3)n2)cc1. The standard InChI is InChI=1S/C21H19N3S/c1-3-16-6-8-17(9-7-16)20-14-25-21(24-20)18(12-22)13-23-19-10-4-15(2)5-11-19/h4-11,13-14,23H,3H2,1-2H3. The number of allylic oxidation sites excluding steroid dienone is 1. The molecule has 0 radical (unpaired) electrons. The lowest BCUT2D eigenvalue weighted by Gasteiger charge is -2.02. The van der Waals surface area contributed by atoms with E-state index in [1.165, 1.54) is 22.5 Å². The van der Waals surface area contributed by atoms with Crippen LogP contribution in [0.1, 0.15) is 23.1 Å². The third-order valence-corrected chi connectivity index (χ3v) is 4.82. The Kier molecular flexibility index (Phi) is 5.27. The minimum Gasteiger partial charge on any atom is -0.360 e. The van der Waals surface area contributed by atoms with E-state index in [0.717, 1.165) is 28.4 Å². The van der Waals surface area contributed by atoms with Gasteiger partial charge in [-0.05, 0) is 31.0 Å². The van der Waals surface area contributed by atoms with Crippen molar-refractivity contribution in [3.05, 3.63) is 76.2 Å². The number of nitrogens with zero attached hydrogens (tertiary/aromatic N) is 2. The maximum absolute atomic E-state index is 9.46. The lowest BCUT2D eigenvalue weighted by atomic mass is 10.1. The molecule has 4 heteroatoms. The van der Waals surface area contributed by atoms with Crippen LogP contribution in [0.3, 0.4) is 0 Å². The zero-order valence-corrected chi connectivity index (χ0v) is 15.1. The predicted octanol–water partition coefficient (Wildman–Crippen LogP) is 5.66. The second-order valence-corrected chi connectivity index (χ2v) is 6.63. The van der Waals surface area contributed by atoms with Crippen LogP contribution < -0.4 is 5.32 Å². The summed E-state index contributed by atoms with van der Waals surface area (Å²) in [6.07, 6.45) is 2.74. The Labute approximate surface area is 152 Å². The molecule has 0 aliphatic carbocycles. The molecule has 3 rings (SSSR count). The van der Waals surface area contributed by atoms with Crippen LogP contribution >= 0.6 is 11.3 Å². The lowest BCUT2D eigenvalue weighted by Crippen LogP contribution is -1.91. The molecule has 1 heterocycles. The molecule has 3 nitrogen and oxygen atoms in total. The maximum atomic E-state index is 9.46. The van der Waals surface area contributed by atoms with Crippen molar-refractivity contribution in [2.45, 2.75) is 20.3 Å². The Balaban J connectivity index is 1.79. The number of hydrogen-bond donors (Lipinski definition) is 1. The summed E-state index contributed by atoms with van der Waals surface area (Å²) in [4.78, 5) is 4.62. The second kappa shape index (κ2) is 7.78. The van der Waals surface area contributed by atoms with Crippen LogP contribution in [-0.4, -0.2) is 4.98 Å². The Morgan fingerprint density at radius 3 is 2.52 bits per heavy atom. The van der Waals surface area contributed by atoms with E-state index in [0.29, 0.717) is 5.57 Å². The first kappa shape index (κ1) is 16.9. The van der Waals surface area contributed by atoms with Gasteiger partial charge >= 0.3 is 0 Å². The van der Waals surface area contributed by atoms with Crippen molar-refractivity contribution in [3.8, 4) is 17.3 Å². The normalized spacial score (nSPS) is 11.2. The summed E-state index contributed by atoms with van der Waals surface area (Å²) in [5.41, 5.74) is 5.96. The zero-order valence-electron chi connectivity index (χ0n) is 14.3. The smallest absolute Gasteiger partial charge is 0.136 e. The van der Waals surface area contributed by atoms with E-state index in [-0.39, 0.29) is 0 Å². The molecule has 0 aliphatic heterocycles. The number of thiazole rings is 1. The van der Waals surface area contributed by atoms with Crippen LogP contribution in [0.15, 0.2) is 60.1 Å². The molecule has 3 aromatic rings. The highest BCUT2D eigenvalue weighted by Crippen LogP contribution is 2.26. The molecule has 0 bridgehead atoms. The molecule has 1 N–H and O–H groups in total. The van der Waals surface area contributed by atoms with Crippen LogP contribution in [-0.2, 0) is 6.42 Å². The van der Waals surface area contributed by atoms with Gasteiger partial charge in [0.25, 0.3) is 0 Å². The zero-order chi connectivity index (χ0) is 17.6. The Morgan fingerprint density at radius 2 is 1.88 bits per heavy atom. The van der Waals surface area contributed by atoms with E-state index in [1.54, 1.807) is 6.20 Å². The molecule has 0 amide bonds. The van der Waals surface area contributed by atoms with Crippen molar-refractivity contribution < 1.29 is 0 Å². The van der Waals surface area contributed by atoms with Gasteiger partial charge in [0.15, 0.2) is 0 Å². The molecule has 0 unspecified atom stereocenters. The van der Waals surface area contributed by atoms with Gasteiger partial charge in [-0.3, -0.25) is 0 Å². The monoisotopic (exact) mass is 345 g/mol. The quantitative estimate of drug-likeness (QED) is 0.607. The van der Waals surface area contributed by atoms with Gasteiger partial charge in [-0.15, -0.1) is 11.3 Å². The molecule has 124 valence electrons. The van der Waals surface area contributed by atoms with Crippen molar-refractivity contribution in [3.63, 3.8) is 0 Å². The maximum Gasteiger partial charge on any atom is 0.136 e. The number of nitriles is 1. The molecular formula is C21H19N3S. The molecule has 0 fully saturated rings. The molecule has 0 saturated carbocycles. The van der Waals surface area contributed by atoms with E-state index < -0.39 is 0 Å². The van der Waals surface area contributed by atoms with Crippen molar-refractivity contribution in [2.24, 2.45) is 0 Å². The van der Waals surface area contributed by atoms with E-state index in [2.05, 4.69) is 47.6 Å². The highest BCUT2D eigenvalue weighted by atomic mass is 32.1. The summed E-state index contributed by atoms with van der Waals surface area (Å²) in [7, 11) is 0. The van der Waals surface area contributed by atoms with Crippen LogP contribution in [0.4, 0.5) is 5.69 Å². The van der Waals surface area contributed by atoms with Gasteiger partial charge in [0.2, 0.25) is 0 Å². The molecular weight excluding hydrogens is 326 g/mol. The summed E-state index contributed by atoms with van der Waals surface area (Å²) in [5, 5.41) is 15.3. The summed E-state index contributed by atoms with van der Waals surface area (Å²) in [6.45, 7) is 4.19. The minimum atomic E-state index is 0.530. The fraction of sp³-hybridized carbons (Fsp3) is 0.143. The summed E-state index contributed by atoms with van der Waals surface area (Å²) >= 11 is 1.48. The summed E-state index contributed by atoms with van der Waals surface area (Å²) in [6, 6.07) is 18.7. The van der Waals surface area contributed by atoms with E-state index >= 15 is 0 Å². The van der Waals surface area contributed by atoms with Gasteiger partial charge in [-0.2, -0.15) is 5.26 Å². The number of aryl methyl sites for hydroxylation is 2. The Hall–Kier alpha value is -2.90. The van der Waals surface area contributed by atoms with Crippen LogP contribution in [0.2, 0.25) is 0 Å². The first-order valence-corrected chi connectivity index (χ1v) is 9.06. The van der Waals surface area contributed by atoms with Crippen LogP contribution in [0.5, 0.6) is 0 Å². The molecule has 0 aliphatic rings. The molecule has 25 heavy (non-hydrogen) atoms. The van der Waals surface area contributed by atoms with Crippen LogP contribution in [0, 0.1) is 18.3 Å². The lowest BCUT2D eigenvalue weighted by molar-refractivity contribution is 1.14. The number of rotatable bonds is 5. The highest BCUT2D eigenvalue weighted by Gasteiger charge is 2.09. The molecule has 0 atom stereocenters. The second-order valence-electron chi connectivity index (χ2n) is 5.77. The van der Waals surface area contributed by atoms with Gasteiger partial charge in [0.05, 0.1) is 5.69 Å². The first-order chi connectivity index (χ1) is 12.2. The van der Waals surface area contributed by atoms with Gasteiger partial charge in [0, 0.05) is 22.8 Å². The third kappa shape index (κ3) is 4.14. The van der Waals surface area contributed by atoms with Crippen LogP contribution in [0.25, 0.3) is 16.8 Å². The summed E-state index contributed by atoms with van der Waals surface area (Å²) in [5.74, 6) is 0. The van der Waals surface area contributed by atoms with E-state index in [4.69, 9.17) is 0 Å². The fourth-order valence-electron chi connectivity index (χ4n) is 2.39. The average Bonchev–Trinajstić information content (AvgIpc) is 3.14. The number of aromatic nitrogens is 1. The van der Waals surface area contributed by atoms with Gasteiger partial charge in [-0.25, -0.2) is 4.98 Å². The largest absolute Gasteiger partial charge is 0.360 e. The van der Waals surface area contributed by atoms with Gasteiger partial charge in [0.1, 0.15) is 16.6 Å². The molecule has 0 saturated heterocycles. The third-order valence-electron chi connectivity index (χ3n) is 3.95. The fourth-order valence-corrected chi connectivity index (χ4v) is 3.18. The minimum absolute atomic E-state index is 0.530. The van der Waals surface area contributed by atoms with E-state index in [9.17, 15) is 5.26 Å². The molecule has 1 aromatic heterocycles. The topological polar surface area (TPSA) is 48.7 Å². The van der Waals surface area contributed by atoms with Gasteiger partial charge in [-0.1, -0.05) is 48.9 Å². The summed E-state index contributed by atoms with van der Waals surface area (Å²) < 4.78 is 0. The predicted molar refractivity (Wildman–Crippen MR) is 105 cm³/mol. The number of benzene rings is 2. The number of nitrogens with one attached hydrogen (secondary N) is 1. The Bertz CT molecular complexity index is 913. The van der Waals surface area contributed by atoms with E-state index in [1.807, 2.05) is 36.6 Å². The van der Waals surface area contributed by atoms with Gasteiger partial charge < -0.3 is 5.32 Å². The number of hydrogen-bond acceptors (Lipinski definition) is 4.